The molecule has 0 saturated carbocycles. The molecule has 0 saturated heterocycles. The minimum Gasteiger partial charge on any atom is -0.325 e. The summed E-state index contributed by atoms with van der Waals surface area (Å²) in [6.45, 7) is 3.61. The molecule has 0 fully saturated rings. The van der Waals surface area contributed by atoms with Crippen LogP contribution in [0.5, 0.6) is 0 Å². The van der Waals surface area contributed by atoms with Crippen molar-refractivity contribution >= 4 is 21.6 Å². The van der Waals surface area contributed by atoms with Crippen molar-refractivity contribution in [2.24, 2.45) is 0 Å². The quantitative estimate of drug-likeness (QED) is 0.520. The number of sulfonamides is 1. The first-order chi connectivity index (χ1) is 14.7. The molecule has 3 aromatic rings. The van der Waals surface area contributed by atoms with Crippen LogP contribution in [0.25, 0.3) is 11.4 Å². The lowest BCUT2D eigenvalue weighted by molar-refractivity contribution is -0.116. The molecule has 3 rings (SSSR count). The average Bonchev–Trinajstić information content (AvgIpc) is 3.17. The van der Waals surface area contributed by atoms with Crippen LogP contribution in [0.3, 0.4) is 0 Å². The summed E-state index contributed by atoms with van der Waals surface area (Å²) in [7, 11) is -3.77. The summed E-state index contributed by atoms with van der Waals surface area (Å²) in [5, 5.41) is 6.21. The molecule has 0 aliphatic carbocycles. The van der Waals surface area contributed by atoms with E-state index in [1.54, 1.807) is 38.1 Å². The van der Waals surface area contributed by atoms with E-state index in [-0.39, 0.29) is 30.4 Å². The highest BCUT2D eigenvalue weighted by molar-refractivity contribution is 7.89. The Hall–Kier alpha value is -3.51. The molecule has 2 heterocycles. The topological polar surface area (TPSA) is 147 Å². The highest BCUT2D eigenvalue weighted by Crippen LogP contribution is 2.18. The standard InChI is InChI=1S/C19H21N5O6S/c1-3-24(4-2)31(28,29)15-8-9-17(26)23(11-15)12-16(25)20-14-7-5-6-13(10-14)18-21-19(27)30-22-18/h5-11H,3-4,12H2,1-2H3,(H,20,25)(H,21,22,27). The molecule has 2 aromatic heterocycles. The number of carbonyl (C=O) groups excluding carboxylic acids is 1. The Labute approximate surface area is 177 Å². The molecule has 2 N–H and O–H groups in total. The molecule has 0 atom stereocenters. The number of anilines is 1. The van der Waals surface area contributed by atoms with Gasteiger partial charge in [0.15, 0.2) is 5.82 Å². The van der Waals surface area contributed by atoms with Gasteiger partial charge >= 0.3 is 5.76 Å². The third-order valence-electron chi connectivity index (χ3n) is 4.47. The maximum Gasteiger partial charge on any atom is 0.439 e. The first-order valence-corrected chi connectivity index (χ1v) is 10.9. The lowest BCUT2D eigenvalue weighted by Crippen LogP contribution is -2.33. The third-order valence-corrected chi connectivity index (χ3v) is 6.51. The number of amides is 1. The molecule has 0 radical (unpaired) electrons. The molecule has 12 heteroatoms. The zero-order valence-corrected chi connectivity index (χ0v) is 17.7. The Balaban J connectivity index is 1.80. The van der Waals surface area contributed by atoms with Crippen LogP contribution in [-0.4, -0.2) is 46.4 Å². The van der Waals surface area contributed by atoms with Crippen molar-refractivity contribution in [1.82, 2.24) is 19.0 Å². The minimum atomic E-state index is -3.77. The van der Waals surface area contributed by atoms with Gasteiger partial charge in [-0.2, -0.15) is 4.31 Å². The summed E-state index contributed by atoms with van der Waals surface area (Å²) in [5.41, 5.74) is 0.391. The maximum atomic E-state index is 12.7. The number of H-pyrrole nitrogens is 1. The van der Waals surface area contributed by atoms with Crippen molar-refractivity contribution in [2.45, 2.75) is 25.3 Å². The maximum absolute atomic E-state index is 12.7. The van der Waals surface area contributed by atoms with Gasteiger partial charge in [-0.15, -0.1) is 0 Å². The van der Waals surface area contributed by atoms with Crippen molar-refractivity contribution in [3.8, 4) is 11.4 Å². The summed E-state index contributed by atoms with van der Waals surface area (Å²) in [6.07, 6.45) is 1.16. The zero-order chi connectivity index (χ0) is 22.6. The summed E-state index contributed by atoms with van der Waals surface area (Å²) in [6, 6.07) is 8.83. The first-order valence-electron chi connectivity index (χ1n) is 9.41. The van der Waals surface area contributed by atoms with E-state index >= 15 is 0 Å². The van der Waals surface area contributed by atoms with Gasteiger partial charge in [0.2, 0.25) is 15.9 Å². The summed E-state index contributed by atoms with van der Waals surface area (Å²) >= 11 is 0. The summed E-state index contributed by atoms with van der Waals surface area (Å²) in [5.74, 6) is -1.04. The molecule has 0 spiro atoms. The van der Waals surface area contributed by atoms with E-state index in [1.807, 2.05) is 0 Å². The fourth-order valence-corrected chi connectivity index (χ4v) is 4.43. The Morgan fingerprint density at radius 2 is 1.94 bits per heavy atom. The Kier molecular flexibility index (Phi) is 6.51. The molecule has 0 aliphatic rings. The van der Waals surface area contributed by atoms with E-state index in [9.17, 15) is 22.8 Å². The number of hydrogen-bond donors (Lipinski definition) is 2. The van der Waals surface area contributed by atoms with Crippen LogP contribution in [0.2, 0.25) is 0 Å². The molecule has 0 unspecified atom stereocenters. The summed E-state index contributed by atoms with van der Waals surface area (Å²) in [4.78, 5) is 38.1. The van der Waals surface area contributed by atoms with Crippen molar-refractivity contribution in [3.63, 3.8) is 0 Å². The van der Waals surface area contributed by atoms with Crippen LogP contribution < -0.4 is 16.6 Å². The Morgan fingerprint density at radius 1 is 1.19 bits per heavy atom. The summed E-state index contributed by atoms with van der Waals surface area (Å²) < 4.78 is 32.1. The number of rotatable bonds is 8. The number of aromatic amines is 1. The van der Waals surface area contributed by atoms with Crippen LogP contribution in [0.1, 0.15) is 13.8 Å². The second kappa shape index (κ2) is 9.10. The fraction of sp³-hybridized carbons (Fsp3) is 0.263. The Morgan fingerprint density at radius 3 is 2.58 bits per heavy atom. The molecule has 0 aliphatic heterocycles. The Bertz CT molecular complexity index is 1300. The van der Waals surface area contributed by atoms with Gasteiger partial charge in [0.1, 0.15) is 6.54 Å². The van der Waals surface area contributed by atoms with E-state index in [0.717, 1.165) is 16.8 Å². The predicted octanol–water partition coefficient (Wildman–Crippen LogP) is 0.861. The monoisotopic (exact) mass is 447 g/mol. The van der Waals surface area contributed by atoms with Gasteiger partial charge < -0.3 is 9.88 Å². The van der Waals surface area contributed by atoms with E-state index < -0.39 is 27.2 Å². The van der Waals surface area contributed by atoms with E-state index in [1.165, 1.54) is 10.4 Å². The third kappa shape index (κ3) is 4.98. The second-order valence-corrected chi connectivity index (χ2v) is 8.43. The number of nitrogens with zero attached hydrogens (tertiary/aromatic N) is 3. The van der Waals surface area contributed by atoms with Gasteiger partial charge in [0, 0.05) is 36.6 Å². The van der Waals surface area contributed by atoms with Crippen molar-refractivity contribution in [2.75, 3.05) is 18.4 Å². The van der Waals surface area contributed by atoms with Crippen LogP contribution in [0.4, 0.5) is 5.69 Å². The largest absolute Gasteiger partial charge is 0.439 e. The van der Waals surface area contributed by atoms with Crippen LogP contribution >= 0.6 is 0 Å². The lowest BCUT2D eigenvalue weighted by Gasteiger charge is -2.19. The number of carbonyl (C=O) groups is 1. The zero-order valence-electron chi connectivity index (χ0n) is 16.9. The van der Waals surface area contributed by atoms with Gasteiger partial charge in [0.05, 0.1) is 4.90 Å². The SMILES string of the molecule is CCN(CC)S(=O)(=O)c1ccc(=O)n(CC(=O)Nc2cccc(-c3noc(=O)[nH]3)c2)c1. The average molecular weight is 447 g/mol. The normalized spacial score (nSPS) is 11.6. The van der Waals surface area contributed by atoms with Crippen LogP contribution in [0, 0.1) is 0 Å². The molecule has 1 aromatic carbocycles. The van der Waals surface area contributed by atoms with E-state index in [0.29, 0.717) is 11.3 Å². The number of nitrogens with one attached hydrogen (secondary N) is 2. The van der Waals surface area contributed by atoms with Gasteiger partial charge in [0.25, 0.3) is 5.56 Å². The van der Waals surface area contributed by atoms with E-state index in [2.05, 4.69) is 20.0 Å². The first kappa shape index (κ1) is 22.2. The molecular formula is C19H21N5O6S. The molecule has 0 bridgehead atoms. The predicted molar refractivity (Wildman–Crippen MR) is 112 cm³/mol. The number of pyridine rings is 1. The molecule has 164 valence electrons. The molecule has 1 amide bonds. The number of benzene rings is 1. The highest BCUT2D eigenvalue weighted by atomic mass is 32.2. The van der Waals surface area contributed by atoms with Crippen molar-refractivity contribution in [3.05, 3.63) is 63.5 Å². The van der Waals surface area contributed by atoms with Crippen LogP contribution in [-0.2, 0) is 21.4 Å². The number of hydrogen-bond acceptors (Lipinski definition) is 7. The van der Waals surface area contributed by atoms with Gasteiger partial charge in [-0.1, -0.05) is 31.1 Å². The van der Waals surface area contributed by atoms with Gasteiger partial charge in [-0.05, 0) is 18.2 Å². The second-order valence-electron chi connectivity index (χ2n) is 6.49. The molecule has 11 nitrogen and oxygen atoms in total. The molecule has 31 heavy (non-hydrogen) atoms. The fourth-order valence-electron chi connectivity index (χ4n) is 2.95. The van der Waals surface area contributed by atoms with E-state index in [4.69, 9.17) is 0 Å². The van der Waals surface area contributed by atoms with Gasteiger partial charge in [-0.3, -0.25) is 19.1 Å². The number of aromatic nitrogens is 3. The lowest BCUT2D eigenvalue weighted by atomic mass is 10.2. The van der Waals surface area contributed by atoms with Crippen molar-refractivity contribution < 1.29 is 17.7 Å². The smallest absolute Gasteiger partial charge is 0.325 e. The van der Waals surface area contributed by atoms with Crippen LogP contribution in [0.15, 0.2) is 61.6 Å². The van der Waals surface area contributed by atoms with Gasteiger partial charge in [-0.25, -0.2) is 13.2 Å². The van der Waals surface area contributed by atoms with Crippen molar-refractivity contribution in [1.29, 1.82) is 0 Å². The minimum absolute atomic E-state index is 0.0689. The molecular weight excluding hydrogens is 426 g/mol. The highest BCUT2D eigenvalue weighted by Gasteiger charge is 2.22.